The number of hydrogen-bond acceptors (Lipinski definition) is 3. The average Bonchev–Trinajstić information content (AvgIpc) is 3.82. The number of hydrogen-bond donors (Lipinski definition) is 1. The molecule has 0 heterocycles. The van der Waals surface area contributed by atoms with Gasteiger partial charge in [0.2, 0.25) is 0 Å². The van der Waals surface area contributed by atoms with Crippen LogP contribution in [-0.2, 0) is 17.1 Å². The third-order valence-electron chi connectivity index (χ3n) is 8.09. The molecular weight excluding hydrogens is 692 g/mol. The Balaban J connectivity index is 0.000000670. The van der Waals surface area contributed by atoms with Gasteiger partial charge >= 0.3 is 0 Å². The molecule has 0 saturated heterocycles. The molecule has 0 aliphatic rings. The van der Waals surface area contributed by atoms with Gasteiger partial charge in [-0.1, -0.05) is 97.8 Å². The zero-order valence-electron chi connectivity index (χ0n) is 30.8. The standard InChI is InChI=1S/C37H39O2P2.C5H5.C2H7N.Fe/c1-25-19-26(2)22-34(21-25)40(35-23-27(3)20-28(4)24-35)29(5)36-9-8-10-37(36)41(32-15-11-30(38-6)12-16-32)33-17-13-31(39-7)14-18-33;1-2-4-5-3-1;1-3-2;/h8-24,29H,1-7H3;1-5H;3H,1-2H3;/q-1;-5;;. The molecule has 0 aliphatic heterocycles. The second kappa shape index (κ2) is 20.4. The zero-order chi connectivity index (χ0) is 35.3. The molecule has 50 heavy (non-hydrogen) atoms. The maximum Gasteiger partial charge on any atom is 0.118 e. The Bertz CT molecular complexity index is 1690. The summed E-state index contributed by atoms with van der Waals surface area (Å²) in [6.07, 6.45) is 0. The molecule has 0 saturated carbocycles. The van der Waals surface area contributed by atoms with Crippen molar-refractivity contribution in [2.24, 2.45) is 0 Å². The van der Waals surface area contributed by atoms with Gasteiger partial charge in [0.25, 0.3) is 0 Å². The van der Waals surface area contributed by atoms with Crippen molar-refractivity contribution in [1.82, 2.24) is 5.32 Å². The smallest absolute Gasteiger partial charge is 0.118 e. The van der Waals surface area contributed by atoms with Crippen LogP contribution in [0.2, 0.25) is 0 Å². The molecule has 0 aromatic heterocycles. The summed E-state index contributed by atoms with van der Waals surface area (Å²) in [4.78, 5) is 0. The number of rotatable bonds is 9. The van der Waals surface area contributed by atoms with Crippen molar-refractivity contribution in [1.29, 1.82) is 0 Å². The van der Waals surface area contributed by atoms with E-state index in [1.54, 1.807) is 14.2 Å². The summed E-state index contributed by atoms with van der Waals surface area (Å²) in [5, 5.41) is 9.69. The summed E-state index contributed by atoms with van der Waals surface area (Å²) in [6, 6.07) is 48.4. The minimum Gasteiger partial charge on any atom is -0.748 e. The van der Waals surface area contributed by atoms with Crippen molar-refractivity contribution in [3.05, 3.63) is 161 Å². The maximum absolute atomic E-state index is 5.50. The Labute approximate surface area is 314 Å². The molecule has 0 spiro atoms. The summed E-state index contributed by atoms with van der Waals surface area (Å²) in [5.41, 5.74) is 7.07. The minimum atomic E-state index is -0.785. The predicted octanol–water partition coefficient (Wildman–Crippen LogP) is 8.85. The Hall–Kier alpha value is -3.48. The quantitative estimate of drug-likeness (QED) is 0.0913. The number of ether oxygens (including phenoxy) is 2. The van der Waals surface area contributed by atoms with Crippen molar-refractivity contribution in [2.75, 3.05) is 28.3 Å². The average molecular weight is 744 g/mol. The van der Waals surface area contributed by atoms with Crippen molar-refractivity contribution >= 4 is 42.4 Å². The third kappa shape index (κ3) is 11.0. The molecule has 6 aromatic carbocycles. The van der Waals surface area contributed by atoms with Crippen LogP contribution in [0.5, 0.6) is 11.5 Å². The molecule has 1 atom stereocenters. The SMILES string of the molecule is CNC.COc1ccc(P(c2ccc(OC)cc2)[c-]2cccc2C(C)P(c2cc(C)cc(C)c2)c2cc(C)cc(C)c2)cc1.[Fe].[cH-]1[cH-][cH-][cH-][cH-]1. The van der Waals surface area contributed by atoms with E-state index in [2.05, 4.69) is 143 Å². The second-order valence-corrected chi connectivity index (χ2v) is 17.0. The third-order valence-corrected chi connectivity index (χ3v) is 13.3. The van der Waals surface area contributed by atoms with E-state index in [0.29, 0.717) is 5.66 Å². The van der Waals surface area contributed by atoms with Crippen LogP contribution in [0.1, 0.15) is 40.4 Å². The maximum atomic E-state index is 5.50. The summed E-state index contributed by atoms with van der Waals surface area (Å²) in [6.45, 7) is 11.3. The normalized spacial score (nSPS) is 11.1. The molecule has 0 fully saturated rings. The summed E-state index contributed by atoms with van der Waals surface area (Å²) in [7, 11) is 5.76. The van der Waals surface area contributed by atoms with Crippen molar-refractivity contribution < 1.29 is 26.5 Å². The molecule has 0 bridgehead atoms. The van der Waals surface area contributed by atoms with E-state index in [0.717, 1.165) is 11.5 Å². The molecule has 6 rings (SSSR count). The first-order valence-electron chi connectivity index (χ1n) is 16.7. The second-order valence-electron chi connectivity index (χ2n) is 12.3. The van der Waals surface area contributed by atoms with Crippen LogP contribution in [-0.4, -0.2) is 28.3 Å². The number of methoxy groups -OCH3 is 2. The topological polar surface area (TPSA) is 30.5 Å². The summed E-state index contributed by atoms with van der Waals surface area (Å²) in [5.74, 6) is 1.75. The van der Waals surface area contributed by atoms with Crippen LogP contribution in [0, 0.1) is 27.7 Å². The minimum absolute atomic E-state index is 0. The predicted molar refractivity (Wildman–Crippen MR) is 217 cm³/mol. The van der Waals surface area contributed by atoms with Gasteiger partial charge in [-0.15, -0.1) is 5.30 Å². The Morgan fingerprint density at radius 3 is 1.28 bits per heavy atom. The van der Waals surface area contributed by atoms with Gasteiger partial charge in [-0.2, -0.15) is 11.6 Å². The Kier molecular flexibility index (Phi) is 16.7. The fraction of sp³-hybridized carbons (Fsp3) is 0.227. The zero-order valence-corrected chi connectivity index (χ0v) is 33.7. The molecule has 0 radical (unpaired) electrons. The van der Waals surface area contributed by atoms with Crippen LogP contribution in [0.3, 0.4) is 0 Å². The molecule has 1 N–H and O–H groups in total. The van der Waals surface area contributed by atoms with Crippen LogP contribution in [0.4, 0.5) is 0 Å². The monoisotopic (exact) mass is 743 g/mol. The fourth-order valence-electron chi connectivity index (χ4n) is 6.11. The molecule has 6 aromatic rings. The van der Waals surface area contributed by atoms with E-state index in [9.17, 15) is 0 Å². The molecule has 0 amide bonds. The van der Waals surface area contributed by atoms with E-state index < -0.39 is 15.8 Å². The van der Waals surface area contributed by atoms with Crippen LogP contribution in [0.25, 0.3) is 0 Å². The van der Waals surface area contributed by atoms with Gasteiger partial charge in [-0.05, 0) is 101 Å². The van der Waals surface area contributed by atoms with E-state index >= 15 is 0 Å². The van der Waals surface area contributed by atoms with Crippen LogP contribution >= 0.6 is 15.8 Å². The van der Waals surface area contributed by atoms with Gasteiger partial charge in [0.15, 0.2) is 0 Å². The first-order chi connectivity index (χ1) is 23.7. The van der Waals surface area contributed by atoms with E-state index in [4.69, 9.17) is 9.47 Å². The number of benzene rings is 4. The Morgan fingerprint density at radius 1 is 0.580 bits per heavy atom. The molecular formula is C44H51FeNO2P2-6. The number of aryl methyl sites for hydroxylation is 4. The Morgan fingerprint density at radius 2 is 0.940 bits per heavy atom. The van der Waals surface area contributed by atoms with Crippen molar-refractivity contribution in [3.63, 3.8) is 0 Å². The van der Waals surface area contributed by atoms with E-state index in [-0.39, 0.29) is 17.1 Å². The molecule has 268 valence electrons. The number of nitrogens with one attached hydrogen (secondary N) is 1. The molecule has 3 nitrogen and oxygen atoms in total. The van der Waals surface area contributed by atoms with Gasteiger partial charge in [0.05, 0.1) is 14.2 Å². The van der Waals surface area contributed by atoms with Gasteiger partial charge < -0.3 is 45.1 Å². The largest absolute Gasteiger partial charge is 0.748 e. The molecule has 0 aliphatic carbocycles. The van der Waals surface area contributed by atoms with Crippen LogP contribution < -0.4 is 41.3 Å². The van der Waals surface area contributed by atoms with Crippen LogP contribution in [0.15, 0.2) is 133 Å². The van der Waals surface area contributed by atoms with Gasteiger partial charge in [-0.25, -0.2) is 12.1 Å². The van der Waals surface area contributed by atoms with Crippen molar-refractivity contribution in [3.8, 4) is 11.5 Å². The molecule has 1 unspecified atom stereocenters. The molecule has 6 heteroatoms. The summed E-state index contributed by atoms with van der Waals surface area (Å²) >= 11 is 0. The van der Waals surface area contributed by atoms with Crippen molar-refractivity contribution in [2.45, 2.75) is 40.3 Å². The fourth-order valence-corrected chi connectivity index (χ4v) is 11.8. The summed E-state index contributed by atoms with van der Waals surface area (Å²) < 4.78 is 11.0. The van der Waals surface area contributed by atoms with E-state index in [1.165, 1.54) is 54.3 Å². The first kappa shape index (κ1) is 40.9. The first-order valence-corrected chi connectivity index (χ1v) is 19.5. The van der Waals surface area contributed by atoms with E-state index in [1.807, 2.05) is 44.4 Å². The van der Waals surface area contributed by atoms with Gasteiger partial charge in [-0.3, -0.25) is 0 Å². The van der Waals surface area contributed by atoms with Gasteiger partial charge in [0, 0.05) is 17.1 Å². The van der Waals surface area contributed by atoms with Gasteiger partial charge in [0.1, 0.15) is 11.5 Å².